The minimum Gasteiger partial charge on any atom is -0.381 e. The molecule has 2 heterocycles. The first-order valence-corrected chi connectivity index (χ1v) is 5.66. The lowest BCUT2D eigenvalue weighted by Gasteiger charge is -2.25. The van der Waals surface area contributed by atoms with Gasteiger partial charge in [-0.1, -0.05) is 0 Å². The molecule has 0 aromatic carbocycles. The van der Waals surface area contributed by atoms with Gasteiger partial charge in [0.1, 0.15) is 6.10 Å². The molecule has 2 saturated heterocycles. The largest absolute Gasteiger partial charge is 0.381 e. The second-order valence-corrected chi connectivity index (χ2v) is 4.16. The van der Waals surface area contributed by atoms with Gasteiger partial charge < -0.3 is 14.2 Å². The van der Waals surface area contributed by atoms with Gasteiger partial charge in [0.15, 0.2) is 5.78 Å². The summed E-state index contributed by atoms with van der Waals surface area (Å²) in [6.07, 6.45) is 2.30. The van der Waals surface area contributed by atoms with Crippen molar-refractivity contribution in [1.82, 2.24) is 0 Å². The molecular formula is C11H18O4. The highest BCUT2D eigenvalue weighted by atomic mass is 16.6. The van der Waals surface area contributed by atoms with Crippen molar-refractivity contribution in [3.8, 4) is 0 Å². The van der Waals surface area contributed by atoms with Crippen molar-refractivity contribution < 1.29 is 19.0 Å². The van der Waals surface area contributed by atoms with E-state index >= 15 is 0 Å². The maximum Gasteiger partial charge on any atom is 0.164 e. The Morgan fingerprint density at radius 1 is 1.07 bits per heavy atom. The second kappa shape index (κ2) is 5.58. The first-order chi connectivity index (χ1) is 7.36. The van der Waals surface area contributed by atoms with Gasteiger partial charge in [-0.05, 0) is 18.8 Å². The van der Waals surface area contributed by atoms with Crippen LogP contribution in [0.3, 0.4) is 0 Å². The highest BCUT2D eigenvalue weighted by molar-refractivity contribution is 5.83. The van der Waals surface area contributed by atoms with Crippen LogP contribution in [0, 0.1) is 5.92 Å². The first kappa shape index (κ1) is 11.0. The SMILES string of the molecule is O=C(CC1CCOCC1)C1COCCO1. The highest BCUT2D eigenvalue weighted by Crippen LogP contribution is 2.20. The van der Waals surface area contributed by atoms with Crippen LogP contribution in [-0.4, -0.2) is 44.9 Å². The van der Waals surface area contributed by atoms with Crippen molar-refractivity contribution in [2.75, 3.05) is 33.0 Å². The molecule has 0 spiro atoms. The van der Waals surface area contributed by atoms with E-state index in [4.69, 9.17) is 14.2 Å². The molecule has 2 aliphatic heterocycles. The average Bonchev–Trinajstić information content (AvgIpc) is 2.31. The molecule has 2 aliphatic rings. The summed E-state index contributed by atoms with van der Waals surface area (Å²) in [7, 11) is 0. The van der Waals surface area contributed by atoms with Crippen molar-refractivity contribution in [3.63, 3.8) is 0 Å². The van der Waals surface area contributed by atoms with Crippen LogP contribution in [0.2, 0.25) is 0 Å². The molecule has 0 aromatic rings. The Bertz CT molecular complexity index is 205. The lowest BCUT2D eigenvalue weighted by molar-refractivity contribution is -0.146. The van der Waals surface area contributed by atoms with Gasteiger partial charge >= 0.3 is 0 Å². The fourth-order valence-electron chi connectivity index (χ4n) is 2.04. The molecule has 86 valence electrons. The number of ketones is 1. The number of rotatable bonds is 3. The summed E-state index contributed by atoms with van der Waals surface area (Å²) < 4.78 is 15.9. The van der Waals surface area contributed by atoms with Gasteiger partial charge in [0.25, 0.3) is 0 Å². The topological polar surface area (TPSA) is 44.8 Å². The van der Waals surface area contributed by atoms with Crippen molar-refractivity contribution in [3.05, 3.63) is 0 Å². The Morgan fingerprint density at radius 2 is 1.87 bits per heavy atom. The van der Waals surface area contributed by atoms with E-state index in [2.05, 4.69) is 0 Å². The molecule has 1 atom stereocenters. The minimum atomic E-state index is -0.318. The third-order valence-corrected chi connectivity index (χ3v) is 3.01. The maximum absolute atomic E-state index is 11.8. The zero-order valence-electron chi connectivity index (χ0n) is 8.94. The zero-order valence-corrected chi connectivity index (χ0v) is 8.94. The van der Waals surface area contributed by atoms with Crippen molar-refractivity contribution in [1.29, 1.82) is 0 Å². The zero-order chi connectivity index (χ0) is 10.5. The minimum absolute atomic E-state index is 0.196. The summed E-state index contributed by atoms with van der Waals surface area (Å²) in [5, 5.41) is 0. The van der Waals surface area contributed by atoms with Crippen LogP contribution in [0.1, 0.15) is 19.3 Å². The molecule has 0 saturated carbocycles. The number of carbonyl (C=O) groups is 1. The highest BCUT2D eigenvalue weighted by Gasteiger charge is 2.26. The van der Waals surface area contributed by atoms with Crippen LogP contribution in [0.15, 0.2) is 0 Å². The normalized spacial score (nSPS) is 28.9. The Balaban J connectivity index is 1.74. The average molecular weight is 214 g/mol. The van der Waals surface area contributed by atoms with Gasteiger partial charge in [0.2, 0.25) is 0 Å². The number of ether oxygens (including phenoxy) is 3. The van der Waals surface area contributed by atoms with Crippen LogP contribution < -0.4 is 0 Å². The Hall–Kier alpha value is -0.450. The third-order valence-electron chi connectivity index (χ3n) is 3.01. The first-order valence-electron chi connectivity index (χ1n) is 5.66. The standard InChI is InChI=1S/C11H18O4/c12-10(11-8-14-5-6-15-11)7-9-1-3-13-4-2-9/h9,11H,1-8H2. The van der Waals surface area contributed by atoms with Crippen LogP contribution in [0.25, 0.3) is 0 Å². The van der Waals surface area contributed by atoms with Gasteiger partial charge in [-0.2, -0.15) is 0 Å². The van der Waals surface area contributed by atoms with Gasteiger partial charge in [-0.15, -0.1) is 0 Å². The predicted molar refractivity (Wildman–Crippen MR) is 53.7 cm³/mol. The van der Waals surface area contributed by atoms with E-state index in [9.17, 15) is 4.79 Å². The number of hydrogen-bond acceptors (Lipinski definition) is 4. The van der Waals surface area contributed by atoms with Gasteiger partial charge in [0, 0.05) is 19.6 Å². The molecule has 2 fully saturated rings. The summed E-state index contributed by atoms with van der Waals surface area (Å²) in [4.78, 5) is 11.8. The van der Waals surface area contributed by atoms with E-state index in [1.54, 1.807) is 0 Å². The Morgan fingerprint density at radius 3 is 2.53 bits per heavy atom. The summed E-state index contributed by atoms with van der Waals surface area (Å²) in [6.45, 7) is 3.17. The summed E-state index contributed by atoms with van der Waals surface area (Å²) in [5.41, 5.74) is 0. The molecule has 4 heteroatoms. The summed E-state index contributed by atoms with van der Waals surface area (Å²) >= 11 is 0. The number of Topliss-reactive ketones (excluding diaryl/α,β-unsaturated/α-hetero) is 1. The molecule has 1 unspecified atom stereocenters. The number of hydrogen-bond donors (Lipinski definition) is 0. The molecule has 0 amide bonds. The molecule has 2 rings (SSSR count). The maximum atomic E-state index is 11.8. The molecule has 0 N–H and O–H groups in total. The molecular weight excluding hydrogens is 196 g/mol. The smallest absolute Gasteiger partial charge is 0.164 e. The summed E-state index contributed by atoms with van der Waals surface area (Å²) in [5.74, 6) is 0.679. The monoisotopic (exact) mass is 214 g/mol. The van der Waals surface area contributed by atoms with E-state index in [0.29, 0.717) is 32.2 Å². The molecule has 15 heavy (non-hydrogen) atoms. The predicted octanol–water partition coefficient (Wildman–Crippen LogP) is 0.788. The van der Waals surface area contributed by atoms with Crippen molar-refractivity contribution in [2.24, 2.45) is 5.92 Å². The van der Waals surface area contributed by atoms with Gasteiger partial charge in [0.05, 0.1) is 19.8 Å². The molecule has 0 bridgehead atoms. The summed E-state index contributed by atoms with van der Waals surface area (Å²) in [6, 6.07) is 0. The lowest BCUT2D eigenvalue weighted by Crippen LogP contribution is -2.36. The fourth-order valence-corrected chi connectivity index (χ4v) is 2.04. The van der Waals surface area contributed by atoms with E-state index in [1.807, 2.05) is 0 Å². The molecule has 0 radical (unpaired) electrons. The number of carbonyl (C=O) groups excluding carboxylic acids is 1. The van der Waals surface area contributed by atoms with E-state index in [-0.39, 0.29) is 11.9 Å². The van der Waals surface area contributed by atoms with E-state index in [0.717, 1.165) is 26.1 Å². The quantitative estimate of drug-likeness (QED) is 0.696. The fraction of sp³-hybridized carbons (Fsp3) is 0.909. The molecule has 4 nitrogen and oxygen atoms in total. The Labute approximate surface area is 89.9 Å². The van der Waals surface area contributed by atoms with E-state index in [1.165, 1.54) is 0 Å². The van der Waals surface area contributed by atoms with Crippen LogP contribution in [0.5, 0.6) is 0 Å². The van der Waals surface area contributed by atoms with Crippen molar-refractivity contribution >= 4 is 5.78 Å². The van der Waals surface area contributed by atoms with E-state index < -0.39 is 0 Å². The van der Waals surface area contributed by atoms with Gasteiger partial charge in [-0.3, -0.25) is 4.79 Å². The van der Waals surface area contributed by atoms with Crippen molar-refractivity contribution in [2.45, 2.75) is 25.4 Å². The van der Waals surface area contributed by atoms with Crippen LogP contribution in [0.4, 0.5) is 0 Å². The Kier molecular flexibility index (Phi) is 4.11. The second-order valence-electron chi connectivity index (χ2n) is 4.16. The third kappa shape index (κ3) is 3.26. The van der Waals surface area contributed by atoms with Crippen LogP contribution in [-0.2, 0) is 19.0 Å². The molecule has 0 aliphatic carbocycles. The molecule has 0 aromatic heterocycles. The van der Waals surface area contributed by atoms with Crippen LogP contribution >= 0.6 is 0 Å². The lowest BCUT2D eigenvalue weighted by atomic mass is 9.93. The van der Waals surface area contributed by atoms with Gasteiger partial charge in [-0.25, -0.2) is 0 Å².